The molecule has 0 aromatic carbocycles. The van der Waals surface area contributed by atoms with Gasteiger partial charge in [0, 0.05) is 18.8 Å². The lowest BCUT2D eigenvalue weighted by Crippen LogP contribution is -2.30. The zero-order valence-corrected chi connectivity index (χ0v) is 11.0. The van der Waals surface area contributed by atoms with Crippen LogP contribution in [0.15, 0.2) is 48.8 Å². The number of pyridine rings is 2. The summed E-state index contributed by atoms with van der Waals surface area (Å²) in [5.41, 5.74) is 1.78. The molecule has 0 radical (unpaired) electrons. The summed E-state index contributed by atoms with van der Waals surface area (Å²) in [7, 11) is 0. The Kier molecular flexibility index (Phi) is 4.61. The van der Waals surface area contributed by atoms with E-state index in [0.717, 1.165) is 11.4 Å². The Morgan fingerprint density at radius 3 is 1.89 bits per heavy atom. The molecule has 0 atom stereocenters. The van der Waals surface area contributed by atoms with Crippen LogP contribution in [0.3, 0.4) is 0 Å². The quantitative estimate of drug-likeness (QED) is 0.824. The Balaban J connectivity index is 2.10. The van der Waals surface area contributed by atoms with Crippen molar-refractivity contribution < 1.29 is 4.79 Å². The molecule has 2 aromatic rings. The predicted octanol–water partition coefficient (Wildman–Crippen LogP) is 2.42. The molecule has 0 aliphatic carbocycles. The smallest absolute Gasteiger partial charge is 0.222 e. The molecule has 0 unspecified atom stereocenters. The van der Waals surface area contributed by atoms with E-state index in [1.54, 1.807) is 17.3 Å². The molecule has 0 fully saturated rings. The summed E-state index contributed by atoms with van der Waals surface area (Å²) in [4.78, 5) is 22.3. The first-order valence-electron chi connectivity index (χ1n) is 6.37. The van der Waals surface area contributed by atoms with Crippen molar-refractivity contribution in [1.82, 2.24) is 14.9 Å². The van der Waals surface area contributed by atoms with Gasteiger partial charge in [-0.2, -0.15) is 0 Å². The third-order valence-electron chi connectivity index (χ3n) is 2.81. The average molecular weight is 255 g/mol. The van der Waals surface area contributed by atoms with Crippen molar-refractivity contribution in [2.24, 2.45) is 0 Å². The van der Waals surface area contributed by atoms with Crippen LogP contribution in [-0.2, 0) is 17.9 Å². The Morgan fingerprint density at radius 2 is 1.53 bits per heavy atom. The monoisotopic (exact) mass is 255 g/mol. The van der Waals surface area contributed by atoms with Gasteiger partial charge in [0.1, 0.15) is 0 Å². The Bertz CT molecular complexity index is 472. The van der Waals surface area contributed by atoms with Gasteiger partial charge in [0.15, 0.2) is 0 Å². The SMILES string of the molecule is CCC(=O)N(Cc1ccccn1)Cc1ccccn1. The van der Waals surface area contributed by atoms with Gasteiger partial charge in [0.2, 0.25) is 5.91 Å². The van der Waals surface area contributed by atoms with Gasteiger partial charge in [0.25, 0.3) is 0 Å². The van der Waals surface area contributed by atoms with E-state index < -0.39 is 0 Å². The highest BCUT2D eigenvalue weighted by Gasteiger charge is 2.13. The number of aromatic nitrogens is 2. The van der Waals surface area contributed by atoms with Crippen LogP contribution >= 0.6 is 0 Å². The van der Waals surface area contributed by atoms with Crippen molar-refractivity contribution in [3.8, 4) is 0 Å². The third kappa shape index (κ3) is 3.88. The van der Waals surface area contributed by atoms with Crippen LogP contribution in [0.4, 0.5) is 0 Å². The van der Waals surface area contributed by atoms with E-state index >= 15 is 0 Å². The maximum atomic E-state index is 12.0. The van der Waals surface area contributed by atoms with Gasteiger partial charge >= 0.3 is 0 Å². The van der Waals surface area contributed by atoms with Crippen LogP contribution in [0.25, 0.3) is 0 Å². The Hall–Kier alpha value is -2.23. The van der Waals surface area contributed by atoms with E-state index in [-0.39, 0.29) is 5.91 Å². The standard InChI is InChI=1S/C15H17N3O/c1-2-15(19)18(11-13-7-3-5-9-16-13)12-14-8-4-6-10-17-14/h3-10H,2,11-12H2,1H3. The van der Waals surface area contributed by atoms with Crippen molar-refractivity contribution in [3.63, 3.8) is 0 Å². The van der Waals surface area contributed by atoms with Crippen LogP contribution in [0.1, 0.15) is 24.7 Å². The lowest BCUT2D eigenvalue weighted by molar-refractivity contribution is -0.132. The first kappa shape index (κ1) is 13.2. The van der Waals surface area contributed by atoms with Gasteiger partial charge in [-0.1, -0.05) is 19.1 Å². The van der Waals surface area contributed by atoms with Crippen LogP contribution < -0.4 is 0 Å². The number of hydrogen-bond acceptors (Lipinski definition) is 3. The highest BCUT2D eigenvalue weighted by Crippen LogP contribution is 2.08. The number of hydrogen-bond donors (Lipinski definition) is 0. The first-order valence-corrected chi connectivity index (χ1v) is 6.37. The third-order valence-corrected chi connectivity index (χ3v) is 2.81. The summed E-state index contributed by atoms with van der Waals surface area (Å²) in [6.07, 6.45) is 3.97. The molecule has 19 heavy (non-hydrogen) atoms. The van der Waals surface area contributed by atoms with Gasteiger partial charge < -0.3 is 4.90 Å². The van der Waals surface area contributed by atoms with E-state index in [1.165, 1.54) is 0 Å². The van der Waals surface area contributed by atoms with E-state index in [1.807, 2.05) is 43.3 Å². The number of amides is 1. The van der Waals surface area contributed by atoms with Crippen molar-refractivity contribution in [1.29, 1.82) is 0 Å². The van der Waals surface area contributed by atoms with Gasteiger partial charge in [-0.3, -0.25) is 14.8 Å². The van der Waals surface area contributed by atoms with Crippen LogP contribution in [0.2, 0.25) is 0 Å². The van der Waals surface area contributed by atoms with E-state index in [4.69, 9.17) is 0 Å². The van der Waals surface area contributed by atoms with Crippen molar-refractivity contribution in [2.75, 3.05) is 0 Å². The molecule has 2 aromatic heterocycles. The normalized spacial score (nSPS) is 10.2. The fourth-order valence-electron chi connectivity index (χ4n) is 1.83. The summed E-state index contributed by atoms with van der Waals surface area (Å²) >= 11 is 0. The van der Waals surface area contributed by atoms with Crippen molar-refractivity contribution in [2.45, 2.75) is 26.4 Å². The fourth-order valence-corrected chi connectivity index (χ4v) is 1.83. The van der Waals surface area contributed by atoms with E-state index in [2.05, 4.69) is 9.97 Å². The zero-order valence-electron chi connectivity index (χ0n) is 11.0. The molecule has 4 heteroatoms. The van der Waals surface area contributed by atoms with Crippen LogP contribution in [-0.4, -0.2) is 20.8 Å². The lowest BCUT2D eigenvalue weighted by Gasteiger charge is -2.21. The molecular formula is C15H17N3O. The maximum Gasteiger partial charge on any atom is 0.222 e. The fraction of sp³-hybridized carbons (Fsp3) is 0.267. The summed E-state index contributed by atoms with van der Waals surface area (Å²) in [5, 5.41) is 0. The summed E-state index contributed by atoms with van der Waals surface area (Å²) < 4.78 is 0. The number of nitrogens with zero attached hydrogens (tertiary/aromatic N) is 3. The van der Waals surface area contributed by atoms with Crippen molar-refractivity contribution >= 4 is 5.91 Å². The van der Waals surface area contributed by atoms with Gasteiger partial charge in [-0.15, -0.1) is 0 Å². The zero-order chi connectivity index (χ0) is 13.5. The van der Waals surface area contributed by atoms with Gasteiger partial charge in [-0.05, 0) is 24.3 Å². The lowest BCUT2D eigenvalue weighted by atomic mass is 10.2. The molecule has 0 bridgehead atoms. The number of carbonyl (C=O) groups is 1. The second kappa shape index (κ2) is 6.64. The molecule has 0 saturated heterocycles. The molecule has 0 aliphatic rings. The first-order chi connectivity index (χ1) is 9.29. The number of rotatable bonds is 5. The minimum absolute atomic E-state index is 0.108. The van der Waals surface area contributed by atoms with Gasteiger partial charge in [0.05, 0.1) is 24.5 Å². The summed E-state index contributed by atoms with van der Waals surface area (Å²) in [5.74, 6) is 0.108. The molecule has 0 spiro atoms. The maximum absolute atomic E-state index is 12.0. The summed E-state index contributed by atoms with van der Waals surface area (Å²) in [6, 6.07) is 11.4. The molecule has 0 aliphatic heterocycles. The van der Waals surface area contributed by atoms with Gasteiger partial charge in [-0.25, -0.2) is 0 Å². The Labute approximate surface area is 113 Å². The molecule has 2 rings (SSSR count). The predicted molar refractivity (Wildman–Crippen MR) is 73.0 cm³/mol. The largest absolute Gasteiger partial charge is 0.331 e. The molecule has 4 nitrogen and oxygen atoms in total. The topological polar surface area (TPSA) is 46.1 Å². The summed E-state index contributed by atoms with van der Waals surface area (Å²) in [6.45, 7) is 2.90. The molecule has 1 amide bonds. The highest BCUT2D eigenvalue weighted by atomic mass is 16.2. The Morgan fingerprint density at radius 1 is 1.00 bits per heavy atom. The molecule has 98 valence electrons. The minimum atomic E-state index is 0.108. The second-order valence-electron chi connectivity index (χ2n) is 4.25. The molecule has 2 heterocycles. The second-order valence-corrected chi connectivity index (χ2v) is 4.25. The number of carbonyl (C=O) groups excluding carboxylic acids is 1. The minimum Gasteiger partial charge on any atom is -0.331 e. The molecular weight excluding hydrogens is 238 g/mol. The molecule has 0 saturated carbocycles. The highest BCUT2D eigenvalue weighted by molar-refractivity contribution is 5.75. The van der Waals surface area contributed by atoms with Crippen LogP contribution in [0, 0.1) is 0 Å². The molecule has 0 N–H and O–H groups in total. The van der Waals surface area contributed by atoms with E-state index in [0.29, 0.717) is 19.5 Å². The van der Waals surface area contributed by atoms with Crippen LogP contribution in [0.5, 0.6) is 0 Å². The van der Waals surface area contributed by atoms with Crippen molar-refractivity contribution in [3.05, 3.63) is 60.2 Å². The van der Waals surface area contributed by atoms with E-state index in [9.17, 15) is 4.79 Å². The average Bonchev–Trinajstić information content (AvgIpc) is 2.48.